The molecule has 0 aliphatic carbocycles. The van der Waals surface area contributed by atoms with E-state index in [0.717, 1.165) is 0 Å². The smallest absolute Gasteiger partial charge is 0.306 e. The summed E-state index contributed by atoms with van der Waals surface area (Å²) in [6.45, 7) is 2.40. The van der Waals surface area contributed by atoms with E-state index in [0.29, 0.717) is 37.1 Å². The van der Waals surface area contributed by atoms with Gasteiger partial charge in [0, 0.05) is 24.2 Å². The van der Waals surface area contributed by atoms with Crippen molar-refractivity contribution in [1.82, 2.24) is 4.90 Å². The molecule has 20 heavy (non-hydrogen) atoms. The Morgan fingerprint density at radius 1 is 1.05 bits per heavy atom. The summed E-state index contributed by atoms with van der Waals surface area (Å²) in [6.07, 6.45) is 0.985. The minimum absolute atomic E-state index is 0.0359. The number of piperidine rings is 1. The third kappa shape index (κ3) is 3.04. The van der Waals surface area contributed by atoms with E-state index in [1.54, 1.807) is 29.2 Å². The van der Waals surface area contributed by atoms with E-state index in [1.807, 2.05) is 0 Å². The van der Waals surface area contributed by atoms with Crippen LogP contribution in [-0.2, 0) is 4.79 Å². The topological polar surface area (TPSA) is 74.7 Å². The van der Waals surface area contributed by atoms with Crippen LogP contribution in [0.4, 0.5) is 0 Å². The quantitative estimate of drug-likeness (QED) is 0.854. The number of aliphatic carboxylic acids is 1. The summed E-state index contributed by atoms with van der Waals surface area (Å²) < 4.78 is 0. The van der Waals surface area contributed by atoms with Crippen molar-refractivity contribution >= 4 is 17.7 Å². The van der Waals surface area contributed by atoms with Gasteiger partial charge in [-0.15, -0.1) is 0 Å². The molecule has 1 amide bonds. The minimum atomic E-state index is -0.789. The summed E-state index contributed by atoms with van der Waals surface area (Å²) in [5.74, 6) is -1.28. The van der Waals surface area contributed by atoms with Gasteiger partial charge in [0.05, 0.1) is 5.92 Å². The fourth-order valence-corrected chi connectivity index (χ4v) is 2.36. The van der Waals surface area contributed by atoms with E-state index < -0.39 is 5.97 Å². The Bertz CT molecular complexity index is 527. The van der Waals surface area contributed by atoms with Crippen LogP contribution in [0.3, 0.4) is 0 Å². The fraction of sp³-hybridized carbons (Fsp3) is 0.400. The molecule has 5 heteroatoms. The molecule has 5 nitrogen and oxygen atoms in total. The summed E-state index contributed by atoms with van der Waals surface area (Å²) >= 11 is 0. The zero-order valence-electron chi connectivity index (χ0n) is 11.3. The van der Waals surface area contributed by atoms with Gasteiger partial charge in [-0.05, 0) is 31.9 Å². The molecule has 1 saturated heterocycles. The first-order valence-electron chi connectivity index (χ1n) is 6.62. The monoisotopic (exact) mass is 275 g/mol. The highest BCUT2D eigenvalue weighted by molar-refractivity contribution is 5.97. The molecule has 106 valence electrons. The molecule has 1 aliphatic heterocycles. The number of carboxylic acids is 1. The molecule has 1 aromatic carbocycles. The number of carboxylic acid groups (broad SMARTS) is 1. The van der Waals surface area contributed by atoms with Gasteiger partial charge in [-0.3, -0.25) is 14.4 Å². The first-order valence-corrected chi connectivity index (χ1v) is 6.62. The molecule has 1 N–H and O–H groups in total. The van der Waals surface area contributed by atoms with Crippen LogP contribution >= 0.6 is 0 Å². The molecule has 0 aromatic heterocycles. The number of hydrogen-bond acceptors (Lipinski definition) is 3. The highest BCUT2D eigenvalue weighted by Crippen LogP contribution is 2.19. The molecule has 1 aromatic rings. The van der Waals surface area contributed by atoms with Crippen LogP contribution in [0.5, 0.6) is 0 Å². The standard InChI is InChI=1S/C15H17NO4/c1-10(17)11-2-4-12(5-3-11)14(18)16-8-6-13(7-9-16)15(19)20/h2-5,13H,6-9H2,1H3,(H,19,20). The van der Waals surface area contributed by atoms with E-state index in [4.69, 9.17) is 5.11 Å². The number of benzene rings is 1. The molecule has 0 spiro atoms. The van der Waals surface area contributed by atoms with E-state index in [2.05, 4.69) is 0 Å². The third-order valence-corrected chi connectivity index (χ3v) is 3.67. The maximum Gasteiger partial charge on any atom is 0.306 e. The summed E-state index contributed by atoms with van der Waals surface area (Å²) in [4.78, 5) is 36.0. The molecule has 0 saturated carbocycles. The predicted octanol–water partition coefficient (Wildman–Crippen LogP) is 1.83. The van der Waals surface area contributed by atoms with Gasteiger partial charge in [0.1, 0.15) is 0 Å². The Morgan fingerprint density at radius 3 is 2.00 bits per heavy atom. The number of Topliss-reactive ketones (excluding diaryl/α,β-unsaturated/α-hetero) is 1. The van der Waals surface area contributed by atoms with Crippen molar-refractivity contribution in [3.63, 3.8) is 0 Å². The van der Waals surface area contributed by atoms with Crippen molar-refractivity contribution in [2.75, 3.05) is 13.1 Å². The summed E-state index contributed by atoms with van der Waals surface area (Å²) in [6, 6.07) is 6.56. The van der Waals surface area contributed by atoms with Crippen molar-refractivity contribution in [2.45, 2.75) is 19.8 Å². The van der Waals surface area contributed by atoms with Gasteiger partial charge in [-0.1, -0.05) is 12.1 Å². The van der Waals surface area contributed by atoms with Gasteiger partial charge in [0.2, 0.25) is 0 Å². The molecule has 1 aliphatic rings. The Kier molecular flexibility index (Phi) is 4.17. The molecule has 0 radical (unpaired) electrons. The Labute approximate surface area is 117 Å². The lowest BCUT2D eigenvalue weighted by molar-refractivity contribution is -0.143. The van der Waals surface area contributed by atoms with Crippen molar-refractivity contribution in [3.05, 3.63) is 35.4 Å². The van der Waals surface area contributed by atoms with Gasteiger partial charge in [-0.25, -0.2) is 0 Å². The lowest BCUT2D eigenvalue weighted by atomic mass is 9.96. The molecular formula is C15H17NO4. The normalized spacial score (nSPS) is 15.9. The first kappa shape index (κ1) is 14.2. The number of nitrogens with zero attached hydrogens (tertiary/aromatic N) is 1. The van der Waals surface area contributed by atoms with Gasteiger partial charge in [-0.2, -0.15) is 0 Å². The molecule has 0 atom stereocenters. The number of carbonyl (C=O) groups excluding carboxylic acids is 2. The fourth-order valence-electron chi connectivity index (χ4n) is 2.36. The zero-order valence-corrected chi connectivity index (χ0v) is 11.3. The molecule has 0 bridgehead atoms. The first-order chi connectivity index (χ1) is 9.49. The highest BCUT2D eigenvalue weighted by Gasteiger charge is 2.27. The number of likely N-dealkylation sites (tertiary alicyclic amines) is 1. The molecule has 0 unspecified atom stereocenters. The van der Waals surface area contributed by atoms with Crippen LogP contribution in [0.1, 0.15) is 40.5 Å². The molecule has 1 heterocycles. The zero-order chi connectivity index (χ0) is 14.7. The van der Waals surface area contributed by atoms with Crippen LogP contribution in [0, 0.1) is 5.92 Å². The summed E-state index contributed by atoms with van der Waals surface area (Å²) in [5.41, 5.74) is 1.11. The van der Waals surface area contributed by atoms with Gasteiger partial charge in [0.15, 0.2) is 5.78 Å². The lowest BCUT2D eigenvalue weighted by Gasteiger charge is -2.30. The second kappa shape index (κ2) is 5.86. The number of rotatable bonds is 3. The van der Waals surface area contributed by atoms with Gasteiger partial charge >= 0.3 is 5.97 Å². The van der Waals surface area contributed by atoms with Crippen molar-refractivity contribution in [1.29, 1.82) is 0 Å². The average Bonchev–Trinajstić information content (AvgIpc) is 2.46. The van der Waals surface area contributed by atoms with Crippen LogP contribution in [0.2, 0.25) is 0 Å². The lowest BCUT2D eigenvalue weighted by Crippen LogP contribution is -2.40. The van der Waals surface area contributed by atoms with Crippen LogP contribution in [0.25, 0.3) is 0 Å². The van der Waals surface area contributed by atoms with E-state index >= 15 is 0 Å². The highest BCUT2D eigenvalue weighted by atomic mass is 16.4. The minimum Gasteiger partial charge on any atom is -0.481 e. The third-order valence-electron chi connectivity index (χ3n) is 3.67. The Morgan fingerprint density at radius 2 is 1.55 bits per heavy atom. The molecular weight excluding hydrogens is 258 g/mol. The van der Waals surface area contributed by atoms with Gasteiger partial charge in [0.25, 0.3) is 5.91 Å². The number of ketones is 1. The van der Waals surface area contributed by atoms with E-state index in [1.165, 1.54) is 6.92 Å². The molecule has 2 rings (SSSR count). The van der Waals surface area contributed by atoms with E-state index in [-0.39, 0.29) is 17.6 Å². The number of amides is 1. The second-order valence-electron chi connectivity index (χ2n) is 5.04. The SMILES string of the molecule is CC(=O)c1ccc(C(=O)N2CCC(C(=O)O)CC2)cc1. The summed E-state index contributed by atoms with van der Waals surface area (Å²) in [5, 5.41) is 8.93. The predicted molar refractivity (Wildman–Crippen MR) is 72.7 cm³/mol. The van der Waals surface area contributed by atoms with E-state index in [9.17, 15) is 14.4 Å². The summed E-state index contributed by atoms with van der Waals surface area (Å²) in [7, 11) is 0. The van der Waals surface area contributed by atoms with Gasteiger partial charge < -0.3 is 10.0 Å². The van der Waals surface area contributed by atoms with Crippen molar-refractivity contribution in [3.8, 4) is 0 Å². The van der Waals surface area contributed by atoms with Crippen LogP contribution < -0.4 is 0 Å². The Hall–Kier alpha value is -2.17. The van der Waals surface area contributed by atoms with Crippen LogP contribution in [0.15, 0.2) is 24.3 Å². The second-order valence-corrected chi connectivity index (χ2v) is 5.04. The maximum absolute atomic E-state index is 12.3. The maximum atomic E-state index is 12.3. The Balaban J connectivity index is 2.01. The van der Waals surface area contributed by atoms with Crippen LogP contribution in [-0.4, -0.2) is 40.8 Å². The average molecular weight is 275 g/mol. The number of hydrogen-bond donors (Lipinski definition) is 1. The number of carbonyl (C=O) groups is 3. The largest absolute Gasteiger partial charge is 0.481 e. The molecule has 1 fully saturated rings. The van der Waals surface area contributed by atoms with Crippen molar-refractivity contribution in [2.24, 2.45) is 5.92 Å². The van der Waals surface area contributed by atoms with Crippen molar-refractivity contribution < 1.29 is 19.5 Å².